The van der Waals surface area contributed by atoms with Gasteiger partial charge in [0.25, 0.3) is 11.6 Å². The van der Waals surface area contributed by atoms with Gasteiger partial charge in [-0.3, -0.25) is 14.9 Å². The Bertz CT molecular complexity index is 853. The van der Waals surface area contributed by atoms with E-state index in [-0.39, 0.29) is 22.8 Å². The smallest absolute Gasteiger partial charge is 0.340 e. The number of benzene rings is 2. The highest BCUT2D eigenvalue weighted by molar-refractivity contribution is 6.33. The summed E-state index contributed by atoms with van der Waals surface area (Å²) in [6, 6.07) is 10.5. The first-order valence-electron chi connectivity index (χ1n) is 7.87. The van der Waals surface area contributed by atoms with Crippen LogP contribution in [0.15, 0.2) is 42.5 Å². The molecule has 1 amide bonds. The predicted molar refractivity (Wildman–Crippen MR) is 97.8 cm³/mol. The summed E-state index contributed by atoms with van der Waals surface area (Å²) in [4.78, 5) is 34.5. The Balaban J connectivity index is 1.96. The molecule has 8 nitrogen and oxygen atoms in total. The molecule has 0 unspecified atom stereocenters. The molecule has 0 spiro atoms. The van der Waals surface area contributed by atoms with Gasteiger partial charge in [0.2, 0.25) is 0 Å². The van der Waals surface area contributed by atoms with Crippen molar-refractivity contribution in [3.63, 3.8) is 0 Å². The Kier molecular flexibility index (Phi) is 6.73. The van der Waals surface area contributed by atoms with E-state index in [1.165, 1.54) is 19.1 Å². The van der Waals surface area contributed by atoms with Gasteiger partial charge in [-0.25, -0.2) is 4.79 Å². The third-order valence-electron chi connectivity index (χ3n) is 3.66. The van der Waals surface area contributed by atoms with Crippen LogP contribution in [0, 0.1) is 10.1 Å². The standard InChI is InChI=1S/C18H17ClN2O6/c1-11(17(22)20-10-12-3-6-14(26-2)7-4-12)27-18(23)15-9-13(21(24)25)5-8-16(15)19/h3-9,11H,10H2,1-2H3,(H,20,22)/t11-/m1/s1. The van der Waals surface area contributed by atoms with Crippen LogP contribution in [0.1, 0.15) is 22.8 Å². The molecule has 0 aromatic heterocycles. The largest absolute Gasteiger partial charge is 0.497 e. The van der Waals surface area contributed by atoms with Crippen molar-refractivity contribution in [2.75, 3.05) is 7.11 Å². The Morgan fingerprint density at radius 1 is 1.22 bits per heavy atom. The fraction of sp³-hybridized carbons (Fsp3) is 0.222. The van der Waals surface area contributed by atoms with E-state index < -0.39 is 22.9 Å². The molecule has 2 aromatic rings. The Morgan fingerprint density at radius 2 is 1.89 bits per heavy atom. The van der Waals surface area contributed by atoms with Crippen molar-refractivity contribution in [2.45, 2.75) is 19.6 Å². The molecule has 0 heterocycles. The molecular weight excluding hydrogens is 376 g/mol. The van der Waals surface area contributed by atoms with E-state index in [9.17, 15) is 19.7 Å². The molecule has 27 heavy (non-hydrogen) atoms. The number of nitro benzene ring substituents is 1. The molecule has 0 bridgehead atoms. The van der Waals surface area contributed by atoms with Gasteiger partial charge in [0.15, 0.2) is 6.10 Å². The monoisotopic (exact) mass is 392 g/mol. The minimum absolute atomic E-state index is 0.00330. The number of nitrogens with one attached hydrogen (secondary N) is 1. The van der Waals surface area contributed by atoms with Crippen molar-refractivity contribution in [2.24, 2.45) is 0 Å². The predicted octanol–water partition coefficient (Wildman–Crippen LogP) is 3.12. The molecule has 9 heteroatoms. The quantitative estimate of drug-likeness (QED) is 0.440. The highest BCUT2D eigenvalue weighted by atomic mass is 35.5. The summed E-state index contributed by atoms with van der Waals surface area (Å²) in [6.45, 7) is 1.63. The van der Waals surface area contributed by atoms with E-state index in [4.69, 9.17) is 21.1 Å². The number of ether oxygens (including phenoxy) is 2. The van der Waals surface area contributed by atoms with Crippen LogP contribution >= 0.6 is 11.6 Å². The second kappa shape index (κ2) is 9.00. The van der Waals surface area contributed by atoms with Crippen molar-refractivity contribution in [3.05, 3.63) is 68.7 Å². The van der Waals surface area contributed by atoms with Crippen molar-refractivity contribution in [1.29, 1.82) is 0 Å². The lowest BCUT2D eigenvalue weighted by atomic mass is 10.2. The molecule has 2 aromatic carbocycles. The van der Waals surface area contributed by atoms with Gasteiger partial charge in [0.05, 0.1) is 22.6 Å². The molecule has 1 N–H and O–H groups in total. The van der Waals surface area contributed by atoms with Crippen molar-refractivity contribution < 1.29 is 24.0 Å². The van der Waals surface area contributed by atoms with Gasteiger partial charge >= 0.3 is 5.97 Å². The Hall–Kier alpha value is -3.13. The van der Waals surface area contributed by atoms with Crippen LogP contribution < -0.4 is 10.1 Å². The molecule has 0 aliphatic heterocycles. The molecule has 1 atom stereocenters. The van der Waals surface area contributed by atoms with Gasteiger partial charge in [-0.05, 0) is 30.7 Å². The van der Waals surface area contributed by atoms with E-state index >= 15 is 0 Å². The first-order chi connectivity index (χ1) is 12.8. The van der Waals surface area contributed by atoms with Crippen LogP contribution in [-0.4, -0.2) is 30.0 Å². The van der Waals surface area contributed by atoms with Crippen LogP contribution in [0.5, 0.6) is 5.75 Å². The van der Waals surface area contributed by atoms with E-state index in [1.807, 2.05) is 0 Å². The van der Waals surface area contributed by atoms with Crippen LogP contribution in [0.4, 0.5) is 5.69 Å². The lowest BCUT2D eigenvalue weighted by molar-refractivity contribution is -0.384. The normalized spacial score (nSPS) is 11.4. The third-order valence-corrected chi connectivity index (χ3v) is 3.99. The Labute approximate surface area is 160 Å². The maximum absolute atomic E-state index is 12.2. The zero-order valence-electron chi connectivity index (χ0n) is 14.6. The zero-order chi connectivity index (χ0) is 20.0. The molecule has 0 aliphatic carbocycles. The maximum Gasteiger partial charge on any atom is 0.340 e. The van der Waals surface area contributed by atoms with Crippen LogP contribution in [0.2, 0.25) is 5.02 Å². The highest BCUT2D eigenvalue weighted by Gasteiger charge is 2.22. The number of hydrogen-bond acceptors (Lipinski definition) is 6. The number of halogens is 1. The number of rotatable bonds is 7. The van der Waals surface area contributed by atoms with Crippen LogP contribution in [-0.2, 0) is 16.1 Å². The van der Waals surface area contributed by atoms with Crippen LogP contribution in [0.25, 0.3) is 0 Å². The van der Waals surface area contributed by atoms with Crippen molar-refractivity contribution >= 4 is 29.2 Å². The topological polar surface area (TPSA) is 108 Å². The molecule has 0 saturated heterocycles. The third kappa shape index (κ3) is 5.42. The highest BCUT2D eigenvalue weighted by Crippen LogP contribution is 2.23. The maximum atomic E-state index is 12.2. The number of non-ortho nitro benzene ring substituents is 1. The van der Waals surface area contributed by atoms with Crippen molar-refractivity contribution in [1.82, 2.24) is 5.32 Å². The average Bonchev–Trinajstić information content (AvgIpc) is 2.66. The van der Waals surface area contributed by atoms with Gasteiger partial charge < -0.3 is 14.8 Å². The zero-order valence-corrected chi connectivity index (χ0v) is 15.4. The van der Waals surface area contributed by atoms with Crippen LogP contribution in [0.3, 0.4) is 0 Å². The molecular formula is C18H17ClN2O6. The lowest BCUT2D eigenvalue weighted by Gasteiger charge is -2.14. The molecule has 0 radical (unpaired) electrons. The SMILES string of the molecule is COc1ccc(CNC(=O)[C@@H](C)OC(=O)c2cc([N+](=O)[O-])ccc2Cl)cc1. The van der Waals surface area contributed by atoms with E-state index in [2.05, 4.69) is 5.32 Å². The van der Waals surface area contributed by atoms with Gasteiger partial charge in [0.1, 0.15) is 5.75 Å². The molecule has 2 rings (SSSR count). The summed E-state index contributed by atoms with van der Waals surface area (Å²) in [6.07, 6.45) is -1.11. The number of nitro groups is 1. The summed E-state index contributed by atoms with van der Waals surface area (Å²) in [7, 11) is 1.56. The first kappa shape index (κ1) is 20.2. The number of nitrogens with zero attached hydrogens (tertiary/aromatic N) is 1. The lowest BCUT2D eigenvalue weighted by Crippen LogP contribution is -2.35. The van der Waals surface area contributed by atoms with Crippen molar-refractivity contribution in [3.8, 4) is 5.75 Å². The molecule has 0 saturated carbocycles. The number of amides is 1. The Morgan fingerprint density at radius 3 is 2.48 bits per heavy atom. The van der Waals surface area contributed by atoms with Gasteiger partial charge in [0, 0.05) is 18.7 Å². The number of carbonyl (C=O) groups excluding carboxylic acids is 2. The fourth-order valence-corrected chi connectivity index (χ4v) is 2.33. The van der Waals surface area contributed by atoms with E-state index in [0.29, 0.717) is 5.75 Å². The number of carbonyl (C=O) groups is 2. The fourth-order valence-electron chi connectivity index (χ4n) is 2.14. The van der Waals surface area contributed by atoms with Gasteiger partial charge in [-0.2, -0.15) is 0 Å². The minimum atomic E-state index is -1.11. The van der Waals surface area contributed by atoms with E-state index in [0.717, 1.165) is 11.6 Å². The second-order valence-corrected chi connectivity index (χ2v) is 5.94. The van der Waals surface area contributed by atoms with Gasteiger partial charge in [-0.15, -0.1) is 0 Å². The van der Waals surface area contributed by atoms with Gasteiger partial charge in [-0.1, -0.05) is 23.7 Å². The molecule has 0 aliphatic rings. The first-order valence-corrected chi connectivity index (χ1v) is 8.25. The second-order valence-electron chi connectivity index (χ2n) is 5.53. The summed E-state index contributed by atoms with van der Waals surface area (Å²) in [5.74, 6) is -0.738. The summed E-state index contributed by atoms with van der Waals surface area (Å²) in [5.41, 5.74) is 0.355. The average molecular weight is 393 g/mol. The van der Waals surface area contributed by atoms with E-state index in [1.54, 1.807) is 31.4 Å². The number of methoxy groups -OCH3 is 1. The summed E-state index contributed by atoms with van der Waals surface area (Å²) >= 11 is 5.89. The number of hydrogen-bond donors (Lipinski definition) is 1. The summed E-state index contributed by atoms with van der Waals surface area (Å²) < 4.78 is 10.1. The molecule has 142 valence electrons. The minimum Gasteiger partial charge on any atom is -0.497 e. The summed E-state index contributed by atoms with van der Waals surface area (Å²) in [5, 5.41) is 13.5. The number of esters is 1. The molecule has 0 fully saturated rings.